The normalized spacial score (nSPS) is 15.7. The standard InChI is InChI=1S/C19H26N6O4/c1-3-24-11-15(16(23-24)18(27)21-14-7-5-4-6-8-14)22-17(26)12(2)25-10-13(9-20-25)19(28)29/h9-12,14H,3-8H2,1-2H3,(H,21,27)(H,22,26)(H,28,29). The maximum atomic E-state index is 12.7. The number of carbonyl (C=O) groups excluding carboxylic acids is 2. The molecule has 2 heterocycles. The van der Waals surface area contributed by atoms with Crippen molar-refractivity contribution >= 4 is 23.5 Å². The van der Waals surface area contributed by atoms with E-state index >= 15 is 0 Å². The van der Waals surface area contributed by atoms with Crippen LogP contribution < -0.4 is 10.6 Å². The zero-order valence-electron chi connectivity index (χ0n) is 16.6. The van der Waals surface area contributed by atoms with E-state index in [0.29, 0.717) is 12.2 Å². The van der Waals surface area contributed by atoms with Crippen LogP contribution in [0.4, 0.5) is 5.69 Å². The van der Waals surface area contributed by atoms with E-state index in [-0.39, 0.29) is 23.2 Å². The highest BCUT2D eigenvalue weighted by molar-refractivity contribution is 6.03. The number of hydrogen-bond acceptors (Lipinski definition) is 5. The predicted molar refractivity (Wildman–Crippen MR) is 105 cm³/mol. The molecule has 2 aromatic heterocycles. The number of aryl methyl sites for hydroxylation is 1. The molecule has 29 heavy (non-hydrogen) atoms. The lowest BCUT2D eigenvalue weighted by molar-refractivity contribution is -0.119. The molecule has 1 fully saturated rings. The van der Waals surface area contributed by atoms with Gasteiger partial charge in [0.1, 0.15) is 6.04 Å². The van der Waals surface area contributed by atoms with Crippen LogP contribution in [0.2, 0.25) is 0 Å². The number of hydrogen-bond donors (Lipinski definition) is 3. The van der Waals surface area contributed by atoms with Gasteiger partial charge in [-0.1, -0.05) is 19.3 Å². The van der Waals surface area contributed by atoms with Crippen molar-refractivity contribution in [3.05, 3.63) is 29.8 Å². The third-order valence-corrected chi connectivity index (χ3v) is 5.12. The van der Waals surface area contributed by atoms with Crippen molar-refractivity contribution in [2.45, 2.75) is 64.6 Å². The summed E-state index contributed by atoms with van der Waals surface area (Å²) in [5.41, 5.74) is 0.489. The van der Waals surface area contributed by atoms with Crippen LogP contribution in [0.5, 0.6) is 0 Å². The van der Waals surface area contributed by atoms with Crippen LogP contribution in [0.15, 0.2) is 18.6 Å². The number of anilines is 1. The lowest BCUT2D eigenvalue weighted by atomic mass is 9.95. The fourth-order valence-electron chi connectivity index (χ4n) is 3.36. The monoisotopic (exact) mass is 402 g/mol. The number of amides is 2. The fraction of sp³-hybridized carbons (Fsp3) is 0.526. The summed E-state index contributed by atoms with van der Waals surface area (Å²) >= 11 is 0. The molecule has 2 amide bonds. The van der Waals surface area contributed by atoms with Gasteiger partial charge in [-0.05, 0) is 26.7 Å². The first-order chi connectivity index (χ1) is 13.9. The van der Waals surface area contributed by atoms with Gasteiger partial charge in [-0.3, -0.25) is 19.0 Å². The van der Waals surface area contributed by atoms with Crippen LogP contribution in [-0.4, -0.2) is 48.5 Å². The van der Waals surface area contributed by atoms with Crippen molar-refractivity contribution in [2.24, 2.45) is 0 Å². The van der Waals surface area contributed by atoms with Gasteiger partial charge in [0, 0.05) is 25.0 Å². The van der Waals surface area contributed by atoms with Gasteiger partial charge in [-0.25, -0.2) is 4.79 Å². The number of carboxylic acid groups (broad SMARTS) is 1. The summed E-state index contributed by atoms with van der Waals surface area (Å²) < 4.78 is 2.86. The Hall–Kier alpha value is -3.17. The highest BCUT2D eigenvalue weighted by Crippen LogP contribution is 2.20. The highest BCUT2D eigenvalue weighted by Gasteiger charge is 2.24. The van der Waals surface area contributed by atoms with Gasteiger partial charge in [0.2, 0.25) is 5.91 Å². The number of carbonyl (C=O) groups is 3. The van der Waals surface area contributed by atoms with Crippen LogP contribution in [0.3, 0.4) is 0 Å². The zero-order valence-corrected chi connectivity index (χ0v) is 16.6. The Morgan fingerprint density at radius 2 is 1.97 bits per heavy atom. The smallest absolute Gasteiger partial charge is 0.338 e. The van der Waals surface area contributed by atoms with E-state index in [1.807, 2.05) is 6.92 Å². The topological polar surface area (TPSA) is 131 Å². The molecule has 0 aliphatic heterocycles. The van der Waals surface area contributed by atoms with E-state index < -0.39 is 17.9 Å². The summed E-state index contributed by atoms with van der Waals surface area (Å²) in [4.78, 5) is 36.4. The van der Waals surface area contributed by atoms with Crippen molar-refractivity contribution in [3.63, 3.8) is 0 Å². The van der Waals surface area contributed by atoms with E-state index in [1.54, 1.807) is 17.8 Å². The highest BCUT2D eigenvalue weighted by atomic mass is 16.4. The van der Waals surface area contributed by atoms with Crippen molar-refractivity contribution < 1.29 is 19.5 Å². The average Bonchev–Trinajstić information content (AvgIpc) is 3.35. The first-order valence-electron chi connectivity index (χ1n) is 9.85. The Morgan fingerprint density at radius 3 is 2.59 bits per heavy atom. The predicted octanol–water partition coefficient (Wildman–Crippen LogP) is 2.06. The van der Waals surface area contributed by atoms with E-state index in [2.05, 4.69) is 20.8 Å². The first kappa shape index (κ1) is 20.6. The van der Waals surface area contributed by atoms with Crippen LogP contribution in [0.25, 0.3) is 0 Å². The van der Waals surface area contributed by atoms with Crippen LogP contribution in [0, 0.1) is 0 Å². The van der Waals surface area contributed by atoms with Crippen molar-refractivity contribution in [3.8, 4) is 0 Å². The summed E-state index contributed by atoms with van der Waals surface area (Å²) in [6.07, 6.45) is 9.37. The van der Waals surface area contributed by atoms with Gasteiger partial charge in [0.15, 0.2) is 5.69 Å². The summed E-state index contributed by atoms with van der Waals surface area (Å²) in [5, 5.41) is 23.0. The molecule has 2 aromatic rings. The van der Waals surface area contributed by atoms with Gasteiger partial charge in [0.05, 0.1) is 17.4 Å². The van der Waals surface area contributed by atoms with E-state index in [1.165, 1.54) is 23.5 Å². The van der Waals surface area contributed by atoms with Crippen LogP contribution >= 0.6 is 0 Å². The third kappa shape index (κ3) is 4.82. The summed E-state index contributed by atoms with van der Waals surface area (Å²) in [6.45, 7) is 4.04. The van der Waals surface area contributed by atoms with Gasteiger partial charge < -0.3 is 15.7 Å². The number of aromatic carboxylic acids is 1. The van der Waals surface area contributed by atoms with Crippen LogP contribution in [-0.2, 0) is 11.3 Å². The fourth-order valence-corrected chi connectivity index (χ4v) is 3.36. The molecular weight excluding hydrogens is 376 g/mol. The van der Waals surface area contributed by atoms with E-state index in [9.17, 15) is 14.4 Å². The number of aromatic nitrogens is 4. The summed E-state index contributed by atoms with van der Waals surface area (Å²) in [5.74, 6) is -1.85. The average molecular weight is 402 g/mol. The third-order valence-electron chi connectivity index (χ3n) is 5.12. The van der Waals surface area contributed by atoms with Crippen molar-refractivity contribution in [1.29, 1.82) is 0 Å². The maximum absolute atomic E-state index is 12.7. The lowest BCUT2D eigenvalue weighted by Crippen LogP contribution is -2.37. The summed E-state index contributed by atoms with van der Waals surface area (Å²) in [7, 11) is 0. The second kappa shape index (κ2) is 8.89. The molecule has 10 heteroatoms. The zero-order chi connectivity index (χ0) is 21.0. The number of rotatable bonds is 7. The maximum Gasteiger partial charge on any atom is 0.338 e. The van der Waals surface area contributed by atoms with E-state index in [0.717, 1.165) is 25.7 Å². The molecule has 3 rings (SSSR count). The minimum atomic E-state index is -1.12. The minimum absolute atomic E-state index is 0.00370. The lowest BCUT2D eigenvalue weighted by Gasteiger charge is -2.22. The van der Waals surface area contributed by atoms with Crippen LogP contribution in [0.1, 0.15) is 72.8 Å². The Kier molecular flexibility index (Phi) is 6.30. The molecule has 3 N–H and O–H groups in total. The Labute approximate surface area is 168 Å². The Morgan fingerprint density at radius 1 is 1.24 bits per heavy atom. The first-order valence-corrected chi connectivity index (χ1v) is 9.85. The van der Waals surface area contributed by atoms with Gasteiger partial charge in [-0.2, -0.15) is 10.2 Å². The van der Waals surface area contributed by atoms with Gasteiger partial charge in [-0.15, -0.1) is 0 Å². The molecule has 1 saturated carbocycles. The molecule has 1 aliphatic rings. The molecule has 0 radical (unpaired) electrons. The Bertz CT molecular complexity index is 896. The summed E-state index contributed by atoms with van der Waals surface area (Å²) in [6, 6.07) is -0.633. The minimum Gasteiger partial charge on any atom is -0.478 e. The van der Waals surface area contributed by atoms with Crippen molar-refractivity contribution in [1.82, 2.24) is 24.9 Å². The molecule has 0 bridgehead atoms. The van der Waals surface area contributed by atoms with Gasteiger partial charge in [0.25, 0.3) is 5.91 Å². The number of nitrogens with one attached hydrogen (secondary N) is 2. The second-order valence-corrected chi connectivity index (χ2v) is 7.23. The largest absolute Gasteiger partial charge is 0.478 e. The molecule has 1 aliphatic carbocycles. The SMILES string of the molecule is CCn1cc(NC(=O)C(C)n2cc(C(=O)O)cn2)c(C(=O)NC2CCCCC2)n1. The molecule has 1 atom stereocenters. The number of carboxylic acids is 1. The second-order valence-electron chi connectivity index (χ2n) is 7.23. The Balaban J connectivity index is 1.73. The molecule has 0 aromatic carbocycles. The van der Waals surface area contributed by atoms with Crippen molar-refractivity contribution in [2.75, 3.05) is 5.32 Å². The van der Waals surface area contributed by atoms with Gasteiger partial charge >= 0.3 is 5.97 Å². The molecule has 10 nitrogen and oxygen atoms in total. The molecule has 0 spiro atoms. The van der Waals surface area contributed by atoms with E-state index in [4.69, 9.17) is 5.11 Å². The molecule has 1 unspecified atom stereocenters. The molecule has 156 valence electrons. The molecular formula is C19H26N6O4. The number of nitrogens with zero attached hydrogens (tertiary/aromatic N) is 4. The molecule has 0 saturated heterocycles. The quantitative estimate of drug-likeness (QED) is 0.650.